The molecule has 4 rings (SSSR count). The van der Waals surface area contributed by atoms with E-state index in [0.717, 1.165) is 11.8 Å². The lowest BCUT2D eigenvalue weighted by Gasteiger charge is -2.08. The van der Waals surface area contributed by atoms with Crippen LogP contribution in [-0.2, 0) is 7.05 Å². The number of benzene rings is 1. The molecular formula is C19H14ClFN8O. The maximum Gasteiger partial charge on any atom is 0.258 e. The van der Waals surface area contributed by atoms with E-state index >= 15 is 0 Å². The minimum atomic E-state index is -0.559. The van der Waals surface area contributed by atoms with Crippen LogP contribution in [0.4, 0.5) is 10.2 Å². The Morgan fingerprint density at radius 1 is 1.17 bits per heavy atom. The summed E-state index contributed by atoms with van der Waals surface area (Å²) < 4.78 is 13.6. The lowest BCUT2D eigenvalue weighted by molar-refractivity contribution is 0.102. The first-order valence-corrected chi connectivity index (χ1v) is 9.08. The van der Waals surface area contributed by atoms with Crippen LogP contribution in [0.5, 0.6) is 0 Å². The predicted octanol–water partition coefficient (Wildman–Crippen LogP) is 3.08. The molecule has 150 valence electrons. The highest BCUT2D eigenvalue weighted by atomic mass is 35.5. The van der Waals surface area contributed by atoms with Crippen LogP contribution < -0.4 is 5.32 Å². The number of hydrogen-bond donors (Lipinski definition) is 1. The van der Waals surface area contributed by atoms with Crippen molar-refractivity contribution in [2.75, 3.05) is 5.32 Å². The number of tetrazole rings is 1. The van der Waals surface area contributed by atoms with Gasteiger partial charge in [0.05, 0.1) is 41.9 Å². The zero-order chi connectivity index (χ0) is 21.3. The van der Waals surface area contributed by atoms with Crippen molar-refractivity contribution in [3.8, 4) is 22.6 Å². The maximum absolute atomic E-state index is 13.6. The number of hydrogen-bond acceptors (Lipinski definition) is 7. The number of rotatable bonds is 4. The topological polar surface area (TPSA) is 111 Å². The molecule has 11 heteroatoms. The van der Waals surface area contributed by atoms with Crippen molar-refractivity contribution < 1.29 is 9.18 Å². The summed E-state index contributed by atoms with van der Waals surface area (Å²) in [6, 6.07) is 5.27. The second kappa shape index (κ2) is 7.91. The molecule has 0 fully saturated rings. The fourth-order valence-corrected chi connectivity index (χ4v) is 2.92. The summed E-state index contributed by atoms with van der Waals surface area (Å²) in [6.07, 6.45) is 5.21. The fourth-order valence-electron chi connectivity index (χ4n) is 2.70. The molecule has 30 heavy (non-hydrogen) atoms. The molecule has 9 nitrogen and oxygen atoms in total. The van der Waals surface area contributed by atoms with Gasteiger partial charge in [0.2, 0.25) is 5.82 Å². The zero-order valence-corrected chi connectivity index (χ0v) is 16.6. The van der Waals surface area contributed by atoms with Crippen molar-refractivity contribution in [3.63, 3.8) is 0 Å². The van der Waals surface area contributed by atoms with Crippen molar-refractivity contribution in [2.45, 2.75) is 6.92 Å². The molecule has 0 saturated carbocycles. The molecule has 0 saturated heterocycles. The summed E-state index contributed by atoms with van der Waals surface area (Å²) in [5.74, 6) is -0.437. The van der Waals surface area contributed by atoms with Crippen LogP contribution >= 0.6 is 11.6 Å². The summed E-state index contributed by atoms with van der Waals surface area (Å²) in [4.78, 5) is 26.0. The van der Waals surface area contributed by atoms with Crippen molar-refractivity contribution in [3.05, 3.63) is 65.0 Å². The van der Waals surface area contributed by atoms with E-state index in [4.69, 9.17) is 11.6 Å². The van der Waals surface area contributed by atoms with Gasteiger partial charge in [-0.15, -0.1) is 10.2 Å². The number of nitrogens with zero attached hydrogens (tertiary/aromatic N) is 7. The monoisotopic (exact) mass is 424 g/mol. The number of carbonyl (C=O) groups excluding carboxylic acids is 1. The molecule has 3 heterocycles. The Hall–Kier alpha value is -3.79. The third-order valence-electron chi connectivity index (χ3n) is 4.30. The second-order valence-corrected chi connectivity index (χ2v) is 6.74. The van der Waals surface area contributed by atoms with Gasteiger partial charge in [0.25, 0.3) is 5.91 Å². The molecule has 1 amide bonds. The van der Waals surface area contributed by atoms with E-state index in [0.29, 0.717) is 22.1 Å². The first kappa shape index (κ1) is 19.5. The van der Waals surface area contributed by atoms with E-state index in [1.165, 1.54) is 30.3 Å². The summed E-state index contributed by atoms with van der Waals surface area (Å²) in [5.41, 5.74) is 2.15. The van der Waals surface area contributed by atoms with E-state index < -0.39 is 11.7 Å². The minimum absolute atomic E-state index is 0.119. The lowest BCUT2D eigenvalue weighted by Crippen LogP contribution is -2.15. The molecule has 0 aliphatic rings. The Morgan fingerprint density at radius 3 is 2.70 bits per heavy atom. The third-order valence-corrected chi connectivity index (χ3v) is 4.63. The van der Waals surface area contributed by atoms with Crippen LogP contribution in [0, 0.1) is 12.7 Å². The van der Waals surface area contributed by atoms with Gasteiger partial charge in [-0.05, 0) is 30.3 Å². The largest absolute Gasteiger partial charge is 0.305 e. The molecule has 0 bridgehead atoms. The number of anilines is 1. The van der Waals surface area contributed by atoms with Crippen LogP contribution in [0.3, 0.4) is 0 Å². The quantitative estimate of drug-likeness (QED) is 0.535. The van der Waals surface area contributed by atoms with Gasteiger partial charge in [0.1, 0.15) is 5.82 Å². The minimum Gasteiger partial charge on any atom is -0.305 e. The molecule has 4 aromatic rings. The Balaban J connectivity index is 1.58. The van der Waals surface area contributed by atoms with Crippen LogP contribution in [0.1, 0.15) is 15.9 Å². The fraction of sp³-hybridized carbons (Fsp3) is 0.105. The van der Waals surface area contributed by atoms with Gasteiger partial charge in [-0.2, -0.15) is 4.80 Å². The van der Waals surface area contributed by atoms with Gasteiger partial charge in [0, 0.05) is 22.9 Å². The number of aromatic nitrogens is 7. The standard InChI is InChI=1S/C19H14ClFN8O/c1-10-13(6-22-7-15(10)21)19(30)25-17-9-23-16(8-24-17)12-5-11(3-4-14(12)20)18-26-28-29(2)27-18/h3-9H,1-2H3,(H,24,25,30). The van der Waals surface area contributed by atoms with Crippen LogP contribution in [0.15, 0.2) is 43.0 Å². The molecule has 0 radical (unpaired) electrons. The van der Waals surface area contributed by atoms with E-state index in [1.54, 1.807) is 25.2 Å². The molecule has 0 aliphatic heterocycles. The van der Waals surface area contributed by atoms with E-state index in [2.05, 4.69) is 35.7 Å². The number of amides is 1. The van der Waals surface area contributed by atoms with Gasteiger partial charge < -0.3 is 5.32 Å². The van der Waals surface area contributed by atoms with Crippen molar-refractivity contribution in [1.29, 1.82) is 0 Å². The highest BCUT2D eigenvalue weighted by Gasteiger charge is 2.15. The van der Waals surface area contributed by atoms with E-state index in [1.807, 2.05) is 0 Å². The summed E-state index contributed by atoms with van der Waals surface area (Å²) in [5, 5.41) is 15.0. The number of carbonyl (C=O) groups is 1. The Bertz CT molecular complexity index is 1240. The number of pyridine rings is 1. The number of halogens is 2. The number of nitrogens with one attached hydrogen (secondary N) is 1. The van der Waals surface area contributed by atoms with Gasteiger partial charge in [-0.1, -0.05) is 11.6 Å². The van der Waals surface area contributed by atoms with Crippen LogP contribution in [0.2, 0.25) is 5.02 Å². The van der Waals surface area contributed by atoms with E-state index in [9.17, 15) is 9.18 Å². The molecule has 1 aromatic carbocycles. The molecule has 0 unspecified atom stereocenters. The molecular weight excluding hydrogens is 411 g/mol. The summed E-state index contributed by atoms with van der Waals surface area (Å²) in [7, 11) is 1.67. The molecule has 1 N–H and O–H groups in total. The maximum atomic E-state index is 13.6. The molecule has 0 atom stereocenters. The smallest absolute Gasteiger partial charge is 0.258 e. The zero-order valence-electron chi connectivity index (χ0n) is 15.8. The summed E-state index contributed by atoms with van der Waals surface area (Å²) >= 11 is 6.32. The normalized spacial score (nSPS) is 10.8. The Labute approximate surface area is 175 Å². The second-order valence-electron chi connectivity index (χ2n) is 6.33. The Kier molecular flexibility index (Phi) is 5.15. The molecule has 0 aliphatic carbocycles. The lowest BCUT2D eigenvalue weighted by atomic mass is 10.1. The first-order valence-electron chi connectivity index (χ1n) is 8.70. The van der Waals surface area contributed by atoms with Gasteiger partial charge in [0.15, 0.2) is 5.82 Å². The SMILES string of the molecule is Cc1c(F)cncc1C(=O)Nc1cnc(-c2cc(-c3nnn(C)n3)ccc2Cl)cn1. The molecule has 3 aromatic heterocycles. The number of aryl methyl sites for hydroxylation is 1. The first-order chi connectivity index (χ1) is 14.4. The van der Waals surface area contributed by atoms with Gasteiger partial charge in [-0.3, -0.25) is 14.8 Å². The van der Waals surface area contributed by atoms with E-state index in [-0.39, 0.29) is 16.9 Å². The van der Waals surface area contributed by atoms with Crippen LogP contribution in [-0.4, -0.2) is 41.1 Å². The van der Waals surface area contributed by atoms with Crippen LogP contribution in [0.25, 0.3) is 22.6 Å². The Morgan fingerprint density at radius 2 is 2.00 bits per heavy atom. The average Bonchev–Trinajstić information content (AvgIpc) is 3.17. The van der Waals surface area contributed by atoms with Gasteiger partial charge in [-0.25, -0.2) is 9.37 Å². The van der Waals surface area contributed by atoms with Crippen molar-refractivity contribution in [2.24, 2.45) is 7.05 Å². The van der Waals surface area contributed by atoms with Crippen molar-refractivity contribution in [1.82, 2.24) is 35.2 Å². The average molecular weight is 425 g/mol. The molecule has 0 spiro atoms. The highest BCUT2D eigenvalue weighted by Crippen LogP contribution is 2.30. The summed E-state index contributed by atoms with van der Waals surface area (Å²) in [6.45, 7) is 1.50. The third kappa shape index (κ3) is 3.85. The predicted molar refractivity (Wildman–Crippen MR) is 107 cm³/mol. The van der Waals surface area contributed by atoms with Crippen molar-refractivity contribution >= 4 is 23.3 Å². The highest BCUT2D eigenvalue weighted by molar-refractivity contribution is 6.33. The van der Waals surface area contributed by atoms with Gasteiger partial charge >= 0.3 is 0 Å².